The molecule has 100 valence electrons. The highest BCUT2D eigenvalue weighted by Gasteiger charge is 2.23. The van der Waals surface area contributed by atoms with Crippen LogP contribution in [0, 0.1) is 0 Å². The highest BCUT2D eigenvalue weighted by molar-refractivity contribution is 5.94. The quantitative estimate of drug-likeness (QED) is 0.701. The van der Waals surface area contributed by atoms with Gasteiger partial charge in [0, 0.05) is 23.0 Å². The first-order chi connectivity index (χ1) is 9.79. The topological polar surface area (TPSA) is 25.2 Å². The summed E-state index contributed by atoms with van der Waals surface area (Å²) in [4.78, 5) is 0. The van der Waals surface area contributed by atoms with Gasteiger partial charge in [0.25, 0.3) is 0 Å². The lowest BCUT2D eigenvalue weighted by Gasteiger charge is -2.19. The first kappa shape index (κ1) is 11.6. The summed E-state index contributed by atoms with van der Waals surface area (Å²) in [5.74, 6) is 0.354. The largest absolute Gasteiger partial charge is 0.508 e. The molecule has 0 bridgehead atoms. The van der Waals surface area contributed by atoms with Gasteiger partial charge in [-0.3, -0.25) is 0 Å². The van der Waals surface area contributed by atoms with E-state index in [9.17, 15) is 5.11 Å². The molecule has 0 atom stereocenters. The van der Waals surface area contributed by atoms with Gasteiger partial charge >= 0.3 is 0 Å². The van der Waals surface area contributed by atoms with Crippen LogP contribution in [0.5, 0.6) is 5.75 Å². The molecule has 3 aromatic rings. The first-order valence-corrected chi connectivity index (χ1v) is 7.22. The molecule has 0 spiro atoms. The van der Waals surface area contributed by atoms with E-state index in [1.165, 1.54) is 33.3 Å². The van der Waals surface area contributed by atoms with Crippen LogP contribution in [0.15, 0.2) is 42.5 Å². The van der Waals surface area contributed by atoms with E-state index in [4.69, 9.17) is 0 Å². The fourth-order valence-corrected chi connectivity index (χ4v) is 3.53. The van der Waals surface area contributed by atoms with Gasteiger partial charge in [-0.05, 0) is 49.1 Å². The molecule has 0 aliphatic heterocycles. The van der Waals surface area contributed by atoms with Crippen LogP contribution in [-0.4, -0.2) is 9.67 Å². The average Bonchev–Trinajstić information content (AvgIpc) is 2.80. The number of phenols is 1. The highest BCUT2D eigenvalue weighted by Crippen LogP contribution is 2.40. The summed E-state index contributed by atoms with van der Waals surface area (Å²) in [7, 11) is 0. The minimum atomic E-state index is 0.354. The van der Waals surface area contributed by atoms with E-state index in [0.29, 0.717) is 5.75 Å². The van der Waals surface area contributed by atoms with Crippen molar-refractivity contribution >= 4 is 10.9 Å². The minimum absolute atomic E-state index is 0.354. The van der Waals surface area contributed by atoms with Crippen LogP contribution in [0.4, 0.5) is 0 Å². The molecule has 0 radical (unpaired) electrons. The lowest BCUT2D eigenvalue weighted by molar-refractivity contribution is 0.476. The number of hydrogen-bond donors (Lipinski definition) is 1. The van der Waals surface area contributed by atoms with Crippen molar-refractivity contribution in [1.82, 2.24) is 4.57 Å². The van der Waals surface area contributed by atoms with Gasteiger partial charge in [0.2, 0.25) is 0 Å². The molecule has 0 amide bonds. The number of rotatable bonds is 1. The fourth-order valence-electron chi connectivity index (χ4n) is 3.53. The number of benzene rings is 2. The summed E-state index contributed by atoms with van der Waals surface area (Å²) in [6.45, 7) is 3.13. The number of aromatic hydroxyl groups is 1. The molecule has 1 N–H and O–H groups in total. The number of aromatic nitrogens is 1. The third kappa shape index (κ3) is 1.45. The predicted molar refractivity (Wildman–Crippen MR) is 82.1 cm³/mol. The van der Waals surface area contributed by atoms with Crippen molar-refractivity contribution in [2.45, 2.75) is 26.3 Å². The molecule has 20 heavy (non-hydrogen) atoms. The monoisotopic (exact) mass is 263 g/mol. The SMILES string of the molecule is CCn1c2c(c3cc(O)ccc31)CCc1ccccc1-2. The predicted octanol–water partition coefficient (Wildman–Crippen LogP) is 4.13. The maximum absolute atomic E-state index is 9.80. The molecule has 0 saturated carbocycles. The summed E-state index contributed by atoms with van der Waals surface area (Å²) < 4.78 is 2.38. The summed E-state index contributed by atoms with van der Waals surface area (Å²) >= 11 is 0. The van der Waals surface area contributed by atoms with Gasteiger partial charge in [0.05, 0.1) is 5.69 Å². The van der Waals surface area contributed by atoms with Crippen molar-refractivity contribution in [3.63, 3.8) is 0 Å². The molecular weight excluding hydrogens is 246 g/mol. The van der Waals surface area contributed by atoms with Gasteiger partial charge in [-0.2, -0.15) is 0 Å². The molecule has 0 unspecified atom stereocenters. The van der Waals surface area contributed by atoms with Crippen molar-refractivity contribution in [2.24, 2.45) is 0 Å². The minimum Gasteiger partial charge on any atom is -0.508 e. The molecule has 4 rings (SSSR count). The maximum atomic E-state index is 9.80. The standard InChI is InChI=1S/C18H17NO/c1-2-19-17-10-8-13(20)11-16(17)15-9-7-12-5-3-4-6-14(12)18(15)19/h3-6,8,10-11,20H,2,7,9H2,1H3. The third-order valence-electron chi connectivity index (χ3n) is 4.38. The second-order valence-corrected chi connectivity index (χ2v) is 5.43. The van der Waals surface area contributed by atoms with Crippen LogP contribution in [0.2, 0.25) is 0 Å². The molecule has 2 nitrogen and oxygen atoms in total. The number of hydrogen-bond acceptors (Lipinski definition) is 1. The smallest absolute Gasteiger partial charge is 0.116 e. The zero-order chi connectivity index (χ0) is 13.7. The Morgan fingerprint density at radius 2 is 1.95 bits per heavy atom. The molecule has 0 fully saturated rings. The number of phenolic OH excluding ortho intramolecular Hbond substituents is 1. The van der Waals surface area contributed by atoms with Gasteiger partial charge in [-0.25, -0.2) is 0 Å². The van der Waals surface area contributed by atoms with Crippen molar-refractivity contribution < 1.29 is 5.11 Å². The van der Waals surface area contributed by atoms with Crippen LogP contribution < -0.4 is 0 Å². The summed E-state index contributed by atoms with van der Waals surface area (Å²) in [5.41, 5.74) is 6.74. The zero-order valence-corrected chi connectivity index (χ0v) is 11.6. The van der Waals surface area contributed by atoms with Crippen LogP contribution in [0.25, 0.3) is 22.2 Å². The maximum Gasteiger partial charge on any atom is 0.116 e. The van der Waals surface area contributed by atoms with E-state index in [1.807, 2.05) is 12.1 Å². The second-order valence-electron chi connectivity index (χ2n) is 5.43. The normalized spacial score (nSPS) is 13.2. The number of nitrogens with zero attached hydrogens (tertiary/aromatic N) is 1. The van der Waals surface area contributed by atoms with Gasteiger partial charge in [0.1, 0.15) is 5.75 Å². The van der Waals surface area contributed by atoms with Crippen LogP contribution in [0.3, 0.4) is 0 Å². The van der Waals surface area contributed by atoms with Crippen molar-refractivity contribution in [1.29, 1.82) is 0 Å². The van der Waals surface area contributed by atoms with Gasteiger partial charge in [-0.15, -0.1) is 0 Å². The van der Waals surface area contributed by atoms with Crippen molar-refractivity contribution in [3.05, 3.63) is 53.6 Å². The lowest BCUT2D eigenvalue weighted by atomic mass is 9.89. The molecule has 1 aromatic heterocycles. The Bertz CT molecular complexity index is 814. The van der Waals surface area contributed by atoms with E-state index < -0.39 is 0 Å². The van der Waals surface area contributed by atoms with Crippen LogP contribution >= 0.6 is 0 Å². The Balaban J connectivity index is 2.14. The second kappa shape index (κ2) is 4.14. The van der Waals surface area contributed by atoms with Crippen LogP contribution in [0.1, 0.15) is 18.1 Å². The number of aryl methyl sites for hydroxylation is 3. The van der Waals surface area contributed by atoms with E-state index >= 15 is 0 Å². The molecule has 0 saturated heterocycles. The Morgan fingerprint density at radius 3 is 2.80 bits per heavy atom. The molecular formula is C18H17NO. The van der Waals surface area contributed by atoms with E-state index in [2.05, 4.69) is 35.8 Å². The Morgan fingerprint density at radius 1 is 1.10 bits per heavy atom. The average molecular weight is 263 g/mol. The molecule has 1 aliphatic carbocycles. The Kier molecular flexibility index (Phi) is 2.40. The Labute approximate surface area is 118 Å². The molecule has 2 aromatic carbocycles. The van der Waals surface area contributed by atoms with E-state index in [0.717, 1.165) is 19.4 Å². The zero-order valence-electron chi connectivity index (χ0n) is 11.6. The highest BCUT2D eigenvalue weighted by atomic mass is 16.3. The fraction of sp³-hybridized carbons (Fsp3) is 0.222. The summed E-state index contributed by atoms with van der Waals surface area (Å²) in [6.07, 6.45) is 2.14. The van der Waals surface area contributed by atoms with Crippen molar-refractivity contribution in [3.8, 4) is 17.0 Å². The molecule has 1 aliphatic rings. The Hall–Kier alpha value is -2.22. The summed E-state index contributed by atoms with van der Waals surface area (Å²) in [5, 5.41) is 11.0. The lowest BCUT2D eigenvalue weighted by Crippen LogP contribution is -2.06. The third-order valence-corrected chi connectivity index (χ3v) is 4.38. The molecule has 2 heteroatoms. The summed E-state index contributed by atoms with van der Waals surface area (Å²) in [6, 6.07) is 14.4. The van der Waals surface area contributed by atoms with Gasteiger partial charge < -0.3 is 9.67 Å². The van der Waals surface area contributed by atoms with E-state index in [-0.39, 0.29) is 0 Å². The van der Waals surface area contributed by atoms with Gasteiger partial charge in [-0.1, -0.05) is 24.3 Å². The number of fused-ring (bicyclic) bond motifs is 5. The van der Waals surface area contributed by atoms with Crippen molar-refractivity contribution in [2.75, 3.05) is 0 Å². The van der Waals surface area contributed by atoms with Crippen LogP contribution in [-0.2, 0) is 19.4 Å². The first-order valence-electron chi connectivity index (χ1n) is 7.22. The van der Waals surface area contributed by atoms with Gasteiger partial charge in [0.15, 0.2) is 0 Å². The van der Waals surface area contributed by atoms with E-state index in [1.54, 1.807) is 6.07 Å². The molecule has 1 heterocycles.